The van der Waals surface area contributed by atoms with Gasteiger partial charge in [-0.3, -0.25) is 4.79 Å². The standard InChI is InChI=1S/C14H26N2O5S/c1-4-14(3,13(18)19)15-12(17)9-22(20,21)16-11-7-5-10(2)6-8-11/h10-11,16H,4-9H2,1-3H3,(H,15,17)(H,18,19). The molecule has 8 heteroatoms. The normalized spacial score (nSPS) is 25.2. The number of hydrogen-bond donors (Lipinski definition) is 3. The first-order valence-electron chi connectivity index (χ1n) is 7.62. The highest BCUT2D eigenvalue weighted by molar-refractivity contribution is 7.90. The number of rotatable bonds is 7. The lowest BCUT2D eigenvalue weighted by Gasteiger charge is -2.27. The highest BCUT2D eigenvalue weighted by atomic mass is 32.2. The first-order chi connectivity index (χ1) is 10.1. The van der Waals surface area contributed by atoms with E-state index in [0.29, 0.717) is 5.92 Å². The van der Waals surface area contributed by atoms with Crippen molar-refractivity contribution in [3.8, 4) is 0 Å². The molecule has 0 bridgehead atoms. The van der Waals surface area contributed by atoms with Crippen molar-refractivity contribution in [1.29, 1.82) is 0 Å². The number of hydrogen-bond acceptors (Lipinski definition) is 4. The molecule has 22 heavy (non-hydrogen) atoms. The molecule has 0 radical (unpaired) electrons. The van der Waals surface area contributed by atoms with Crippen molar-refractivity contribution < 1.29 is 23.1 Å². The lowest BCUT2D eigenvalue weighted by atomic mass is 9.88. The Labute approximate surface area is 131 Å². The third kappa shape index (κ3) is 5.57. The van der Waals surface area contributed by atoms with Gasteiger partial charge in [0.1, 0.15) is 11.3 Å². The van der Waals surface area contributed by atoms with Crippen molar-refractivity contribution >= 4 is 21.9 Å². The molecular formula is C14H26N2O5S. The van der Waals surface area contributed by atoms with Gasteiger partial charge in [-0.2, -0.15) is 0 Å². The number of carbonyl (C=O) groups is 2. The number of aliphatic carboxylic acids is 1. The highest BCUT2D eigenvalue weighted by Crippen LogP contribution is 2.23. The molecule has 1 amide bonds. The quantitative estimate of drug-likeness (QED) is 0.639. The number of sulfonamides is 1. The Morgan fingerprint density at radius 1 is 1.23 bits per heavy atom. The molecule has 0 aromatic heterocycles. The monoisotopic (exact) mass is 334 g/mol. The Morgan fingerprint density at radius 2 is 1.77 bits per heavy atom. The van der Waals surface area contributed by atoms with Gasteiger partial charge in [0.25, 0.3) is 0 Å². The molecule has 0 aliphatic heterocycles. The first kappa shape index (κ1) is 18.9. The van der Waals surface area contributed by atoms with Crippen LogP contribution in [-0.4, -0.2) is 42.7 Å². The summed E-state index contributed by atoms with van der Waals surface area (Å²) in [6.45, 7) is 5.11. The van der Waals surface area contributed by atoms with E-state index in [2.05, 4.69) is 17.0 Å². The zero-order chi connectivity index (χ0) is 17.0. The minimum atomic E-state index is -3.76. The van der Waals surface area contributed by atoms with Gasteiger partial charge in [0, 0.05) is 6.04 Å². The van der Waals surface area contributed by atoms with Crippen LogP contribution in [0.2, 0.25) is 0 Å². The molecule has 128 valence electrons. The van der Waals surface area contributed by atoms with Crippen molar-refractivity contribution in [2.75, 3.05) is 5.75 Å². The van der Waals surface area contributed by atoms with Gasteiger partial charge in [0.15, 0.2) is 0 Å². The number of amides is 1. The van der Waals surface area contributed by atoms with Crippen LogP contribution < -0.4 is 10.0 Å². The zero-order valence-corrected chi connectivity index (χ0v) is 14.2. The maximum atomic E-state index is 12.0. The Bertz CT molecular complexity index is 511. The van der Waals surface area contributed by atoms with E-state index in [1.807, 2.05) is 0 Å². The van der Waals surface area contributed by atoms with Gasteiger partial charge >= 0.3 is 5.97 Å². The summed E-state index contributed by atoms with van der Waals surface area (Å²) in [5.74, 6) is -2.13. The second-order valence-electron chi connectivity index (χ2n) is 6.37. The van der Waals surface area contributed by atoms with E-state index in [0.717, 1.165) is 25.7 Å². The summed E-state index contributed by atoms with van der Waals surface area (Å²) in [6, 6.07) is -0.133. The van der Waals surface area contributed by atoms with Gasteiger partial charge in [-0.05, 0) is 44.9 Å². The molecule has 1 aliphatic carbocycles. The second kappa shape index (κ2) is 7.41. The van der Waals surface area contributed by atoms with Crippen LogP contribution in [0.5, 0.6) is 0 Å². The van der Waals surface area contributed by atoms with Crippen LogP contribution in [0.1, 0.15) is 52.9 Å². The summed E-state index contributed by atoms with van der Waals surface area (Å²) in [4.78, 5) is 23.0. The fourth-order valence-electron chi connectivity index (χ4n) is 2.48. The Morgan fingerprint density at radius 3 is 2.23 bits per heavy atom. The predicted octanol–water partition coefficient (Wildman–Crippen LogP) is 0.854. The van der Waals surface area contributed by atoms with Gasteiger partial charge in [-0.25, -0.2) is 17.9 Å². The smallest absolute Gasteiger partial charge is 0.329 e. The fourth-order valence-corrected chi connectivity index (χ4v) is 3.73. The highest BCUT2D eigenvalue weighted by Gasteiger charge is 2.34. The third-order valence-electron chi connectivity index (χ3n) is 4.28. The van der Waals surface area contributed by atoms with Crippen molar-refractivity contribution in [2.45, 2.75) is 64.5 Å². The van der Waals surface area contributed by atoms with E-state index in [9.17, 15) is 18.0 Å². The minimum Gasteiger partial charge on any atom is -0.480 e. The van der Waals surface area contributed by atoms with E-state index in [1.165, 1.54) is 6.92 Å². The van der Waals surface area contributed by atoms with Crippen LogP contribution in [0.3, 0.4) is 0 Å². The molecule has 0 aromatic rings. The Hall–Kier alpha value is -1.15. The number of carboxylic acids is 1. The SMILES string of the molecule is CCC(C)(NC(=O)CS(=O)(=O)NC1CCC(C)CC1)C(=O)O. The molecule has 1 saturated carbocycles. The fraction of sp³-hybridized carbons (Fsp3) is 0.857. The lowest BCUT2D eigenvalue weighted by molar-refractivity contribution is -0.146. The average Bonchev–Trinajstić information content (AvgIpc) is 2.39. The van der Waals surface area contributed by atoms with Crippen LogP contribution in [-0.2, 0) is 19.6 Å². The zero-order valence-electron chi connectivity index (χ0n) is 13.4. The van der Waals surface area contributed by atoms with E-state index < -0.39 is 33.2 Å². The van der Waals surface area contributed by atoms with Crippen LogP contribution >= 0.6 is 0 Å². The molecule has 1 fully saturated rings. The van der Waals surface area contributed by atoms with Crippen molar-refractivity contribution in [1.82, 2.24) is 10.0 Å². The topological polar surface area (TPSA) is 113 Å². The van der Waals surface area contributed by atoms with Crippen molar-refractivity contribution in [3.05, 3.63) is 0 Å². The lowest BCUT2D eigenvalue weighted by Crippen LogP contribution is -2.54. The van der Waals surface area contributed by atoms with Crippen molar-refractivity contribution in [3.63, 3.8) is 0 Å². The van der Waals surface area contributed by atoms with Gasteiger partial charge < -0.3 is 10.4 Å². The Kier molecular flexibility index (Phi) is 6.37. The van der Waals surface area contributed by atoms with Gasteiger partial charge in [-0.1, -0.05) is 13.8 Å². The summed E-state index contributed by atoms with van der Waals surface area (Å²) < 4.78 is 26.6. The summed E-state index contributed by atoms with van der Waals surface area (Å²) in [5.41, 5.74) is -1.45. The number of nitrogens with one attached hydrogen (secondary N) is 2. The summed E-state index contributed by atoms with van der Waals surface area (Å²) in [7, 11) is -3.76. The molecule has 0 spiro atoms. The van der Waals surface area contributed by atoms with E-state index in [-0.39, 0.29) is 12.5 Å². The minimum absolute atomic E-state index is 0.133. The van der Waals surface area contributed by atoms with Gasteiger partial charge in [0.2, 0.25) is 15.9 Å². The third-order valence-corrected chi connectivity index (χ3v) is 5.61. The van der Waals surface area contributed by atoms with E-state index in [1.54, 1.807) is 6.92 Å². The second-order valence-corrected chi connectivity index (χ2v) is 8.13. The number of carbonyl (C=O) groups excluding carboxylic acids is 1. The van der Waals surface area contributed by atoms with Crippen LogP contribution in [0.4, 0.5) is 0 Å². The van der Waals surface area contributed by atoms with Crippen LogP contribution in [0.15, 0.2) is 0 Å². The molecular weight excluding hydrogens is 308 g/mol. The molecule has 1 atom stereocenters. The molecule has 1 unspecified atom stereocenters. The van der Waals surface area contributed by atoms with Crippen LogP contribution in [0.25, 0.3) is 0 Å². The maximum Gasteiger partial charge on any atom is 0.329 e. The molecule has 7 nitrogen and oxygen atoms in total. The predicted molar refractivity (Wildman–Crippen MR) is 82.8 cm³/mol. The molecule has 1 aliphatic rings. The van der Waals surface area contributed by atoms with Crippen LogP contribution in [0, 0.1) is 5.92 Å². The molecule has 1 rings (SSSR count). The van der Waals surface area contributed by atoms with Gasteiger partial charge in [0.05, 0.1) is 0 Å². The largest absolute Gasteiger partial charge is 0.480 e. The number of carboxylic acid groups (broad SMARTS) is 1. The first-order valence-corrected chi connectivity index (χ1v) is 9.27. The Balaban J connectivity index is 2.57. The van der Waals surface area contributed by atoms with Crippen molar-refractivity contribution in [2.24, 2.45) is 5.92 Å². The van der Waals surface area contributed by atoms with E-state index in [4.69, 9.17) is 5.11 Å². The summed E-state index contributed by atoms with van der Waals surface area (Å²) in [5, 5.41) is 11.4. The molecule has 0 aromatic carbocycles. The van der Waals surface area contributed by atoms with E-state index >= 15 is 0 Å². The van der Waals surface area contributed by atoms with Gasteiger partial charge in [-0.15, -0.1) is 0 Å². The summed E-state index contributed by atoms with van der Waals surface area (Å²) >= 11 is 0. The average molecular weight is 334 g/mol. The molecule has 0 heterocycles. The summed E-state index contributed by atoms with van der Waals surface area (Å²) in [6.07, 6.45) is 3.63. The molecule has 3 N–H and O–H groups in total. The molecule has 0 saturated heterocycles. The maximum absolute atomic E-state index is 12.0.